The number of aromatic nitrogens is 3. The fourth-order valence-electron chi connectivity index (χ4n) is 3.02. The molecule has 0 bridgehead atoms. The summed E-state index contributed by atoms with van der Waals surface area (Å²) in [5.74, 6) is -1.80. The van der Waals surface area contributed by atoms with Gasteiger partial charge in [0, 0.05) is 16.3 Å². The van der Waals surface area contributed by atoms with Gasteiger partial charge in [-0.15, -0.1) is 11.3 Å². The van der Waals surface area contributed by atoms with Crippen molar-refractivity contribution in [1.82, 2.24) is 14.8 Å². The molecule has 1 atom stereocenters. The van der Waals surface area contributed by atoms with Gasteiger partial charge in [0.2, 0.25) is 0 Å². The van der Waals surface area contributed by atoms with Gasteiger partial charge in [0.15, 0.2) is 10.8 Å². The number of amides is 1. The molecular weight excluding hydrogens is 404 g/mol. The third-order valence-corrected chi connectivity index (χ3v) is 5.34. The first-order valence-electron chi connectivity index (χ1n) is 9.02. The number of carboxylic acids is 1. The second-order valence-electron chi connectivity index (χ2n) is 6.52. The zero-order chi connectivity index (χ0) is 21.3. The molecule has 9 heteroatoms. The minimum absolute atomic E-state index is 0.185. The normalized spacial score (nSPS) is 11.9. The van der Waals surface area contributed by atoms with Crippen LogP contribution < -0.4 is 10.9 Å². The lowest BCUT2D eigenvalue weighted by atomic mass is 10.1. The van der Waals surface area contributed by atoms with Gasteiger partial charge in [0.05, 0.1) is 11.1 Å². The Balaban J connectivity index is 1.64. The van der Waals surface area contributed by atoms with Crippen molar-refractivity contribution in [3.63, 3.8) is 0 Å². The maximum absolute atomic E-state index is 12.8. The first-order chi connectivity index (χ1) is 14.5. The Labute approximate surface area is 174 Å². The predicted molar refractivity (Wildman–Crippen MR) is 114 cm³/mol. The summed E-state index contributed by atoms with van der Waals surface area (Å²) in [4.78, 5) is 41.6. The molecule has 2 heterocycles. The third kappa shape index (κ3) is 3.58. The fraction of sp³-hybridized carbons (Fsp3) is 0.0952. The summed E-state index contributed by atoms with van der Waals surface area (Å²) in [6.45, 7) is 1.48. The molecular formula is C21H16N4O4S. The van der Waals surface area contributed by atoms with Crippen LogP contribution in [0.15, 0.2) is 64.8 Å². The van der Waals surface area contributed by atoms with E-state index >= 15 is 0 Å². The Bertz CT molecular complexity index is 1310. The molecule has 0 saturated carbocycles. The maximum atomic E-state index is 12.8. The van der Waals surface area contributed by atoms with Gasteiger partial charge in [-0.1, -0.05) is 48.5 Å². The number of carbonyl (C=O) groups is 2. The molecule has 30 heavy (non-hydrogen) atoms. The van der Waals surface area contributed by atoms with Crippen molar-refractivity contribution < 1.29 is 14.7 Å². The van der Waals surface area contributed by atoms with Gasteiger partial charge in [0.1, 0.15) is 6.04 Å². The largest absolute Gasteiger partial charge is 0.476 e. The van der Waals surface area contributed by atoms with Gasteiger partial charge in [-0.25, -0.2) is 14.5 Å². The van der Waals surface area contributed by atoms with E-state index in [-0.39, 0.29) is 16.5 Å². The lowest BCUT2D eigenvalue weighted by molar-refractivity contribution is -0.119. The van der Waals surface area contributed by atoms with Crippen molar-refractivity contribution in [1.29, 1.82) is 0 Å². The number of carboxylic acid groups (broad SMARTS) is 1. The number of rotatable bonds is 5. The summed E-state index contributed by atoms with van der Waals surface area (Å²) < 4.78 is 0.896. The van der Waals surface area contributed by atoms with E-state index < -0.39 is 23.5 Å². The first kappa shape index (κ1) is 19.5. The van der Waals surface area contributed by atoms with E-state index in [2.05, 4.69) is 15.4 Å². The third-order valence-electron chi connectivity index (χ3n) is 4.58. The zero-order valence-corrected chi connectivity index (χ0v) is 16.6. The van der Waals surface area contributed by atoms with Crippen LogP contribution >= 0.6 is 11.3 Å². The highest BCUT2D eigenvalue weighted by Crippen LogP contribution is 2.25. The summed E-state index contributed by atoms with van der Waals surface area (Å²) >= 11 is 1.26. The lowest BCUT2D eigenvalue weighted by Crippen LogP contribution is -2.34. The Hall–Kier alpha value is -3.85. The number of nitrogens with one attached hydrogen (secondary N) is 1. The van der Waals surface area contributed by atoms with E-state index in [0.29, 0.717) is 5.13 Å². The molecule has 1 unspecified atom stereocenters. The number of thiazole rings is 1. The van der Waals surface area contributed by atoms with Crippen LogP contribution in [0.4, 0.5) is 5.13 Å². The monoisotopic (exact) mass is 420 g/mol. The van der Waals surface area contributed by atoms with E-state index in [9.17, 15) is 19.5 Å². The van der Waals surface area contributed by atoms with Crippen molar-refractivity contribution in [2.45, 2.75) is 13.0 Å². The molecule has 1 amide bonds. The SMILES string of the molecule is CC(C(=O)Nc1nc(-c2ccccc2)cs1)n1nc(C(=O)O)c2ccccc2c1=O. The van der Waals surface area contributed by atoms with Gasteiger partial charge < -0.3 is 10.4 Å². The van der Waals surface area contributed by atoms with Gasteiger partial charge in [-0.2, -0.15) is 5.10 Å². The van der Waals surface area contributed by atoms with E-state index in [1.54, 1.807) is 12.1 Å². The Morgan fingerprint density at radius 1 is 1.07 bits per heavy atom. The van der Waals surface area contributed by atoms with Gasteiger partial charge in [0.25, 0.3) is 11.5 Å². The number of nitrogens with zero attached hydrogens (tertiary/aromatic N) is 3. The highest BCUT2D eigenvalue weighted by Gasteiger charge is 2.23. The highest BCUT2D eigenvalue weighted by atomic mass is 32.1. The fourth-order valence-corrected chi connectivity index (χ4v) is 3.74. The molecule has 0 aliphatic carbocycles. The van der Waals surface area contributed by atoms with E-state index in [1.807, 2.05) is 35.7 Å². The smallest absolute Gasteiger partial charge is 0.357 e. The van der Waals surface area contributed by atoms with Crippen molar-refractivity contribution in [3.8, 4) is 11.3 Å². The minimum Gasteiger partial charge on any atom is -0.476 e. The number of fused-ring (bicyclic) bond motifs is 1. The Morgan fingerprint density at radius 2 is 1.73 bits per heavy atom. The molecule has 150 valence electrons. The molecule has 0 spiro atoms. The quantitative estimate of drug-likeness (QED) is 0.511. The van der Waals surface area contributed by atoms with Crippen LogP contribution in [0.1, 0.15) is 23.5 Å². The number of hydrogen-bond donors (Lipinski definition) is 2. The molecule has 4 rings (SSSR count). The summed E-state index contributed by atoms with van der Waals surface area (Å²) in [7, 11) is 0. The topological polar surface area (TPSA) is 114 Å². The van der Waals surface area contributed by atoms with Crippen molar-refractivity contribution >= 4 is 39.1 Å². The van der Waals surface area contributed by atoms with Crippen LogP contribution in [-0.2, 0) is 4.79 Å². The molecule has 2 aromatic heterocycles. The molecule has 0 aliphatic heterocycles. The molecule has 2 N–H and O–H groups in total. The number of aromatic carboxylic acids is 1. The van der Waals surface area contributed by atoms with Crippen molar-refractivity contribution in [2.75, 3.05) is 5.32 Å². The maximum Gasteiger partial charge on any atom is 0.357 e. The number of hydrogen-bond acceptors (Lipinski definition) is 6. The minimum atomic E-state index is -1.28. The Kier molecular flexibility index (Phi) is 5.11. The van der Waals surface area contributed by atoms with Crippen molar-refractivity contribution in [2.24, 2.45) is 0 Å². The lowest BCUT2D eigenvalue weighted by Gasteiger charge is -2.15. The average molecular weight is 420 g/mol. The predicted octanol–water partition coefficient (Wildman–Crippen LogP) is 3.42. The second kappa shape index (κ2) is 7.88. The van der Waals surface area contributed by atoms with E-state index in [4.69, 9.17) is 0 Å². The standard InChI is InChI=1S/C21H16N4O4S/c1-12(18(26)23-21-22-16(11-30-21)13-7-3-2-4-8-13)25-19(27)15-10-6-5-9-14(15)17(24-25)20(28)29/h2-12H,1H3,(H,28,29)(H,22,23,26). The summed E-state index contributed by atoms with van der Waals surface area (Å²) in [6, 6.07) is 14.8. The molecule has 0 saturated heterocycles. The molecule has 0 radical (unpaired) electrons. The van der Waals surface area contributed by atoms with Crippen LogP contribution in [0.25, 0.3) is 22.0 Å². The second-order valence-corrected chi connectivity index (χ2v) is 7.38. The van der Waals surface area contributed by atoms with Crippen LogP contribution in [0.5, 0.6) is 0 Å². The van der Waals surface area contributed by atoms with Crippen LogP contribution in [0, 0.1) is 0 Å². The first-order valence-corrected chi connectivity index (χ1v) is 9.90. The van der Waals surface area contributed by atoms with Crippen LogP contribution in [0.2, 0.25) is 0 Å². The van der Waals surface area contributed by atoms with Gasteiger partial charge in [-0.3, -0.25) is 9.59 Å². The number of carbonyl (C=O) groups excluding carboxylic acids is 1. The van der Waals surface area contributed by atoms with Crippen LogP contribution in [0.3, 0.4) is 0 Å². The average Bonchev–Trinajstić information content (AvgIpc) is 3.22. The Morgan fingerprint density at radius 3 is 2.43 bits per heavy atom. The van der Waals surface area contributed by atoms with Crippen molar-refractivity contribution in [3.05, 3.63) is 76.0 Å². The number of anilines is 1. The highest BCUT2D eigenvalue weighted by molar-refractivity contribution is 7.14. The molecule has 4 aromatic rings. The molecule has 2 aromatic carbocycles. The van der Waals surface area contributed by atoms with Gasteiger partial charge in [-0.05, 0) is 13.0 Å². The van der Waals surface area contributed by atoms with Gasteiger partial charge >= 0.3 is 5.97 Å². The number of benzene rings is 2. The zero-order valence-electron chi connectivity index (χ0n) is 15.8. The molecule has 8 nitrogen and oxygen atoms in total. The summed E-state index contributed by atoms with van der Waals surface area (Å²) in [6.07, 6.45) is 0. The molecule has 0 aliphatic rings. The van der Waals surface area contributed by atoms with E-state index in [1.165, 1.54) is 30.4 Å². The summed E-state index contributed by atoms with van der Waals surface area (Å²) in [5.41, 5.74) is 0.811. The summed E-state index contributed by atoms with van der Waals surface area (Å²) in [5, 5.41) is 18.7. The van der Waals surface area contributed by atoms with Crippen LogP contribution in [-0.4, -0.2) is 31.7 Å². The van der Waals surface area contributed by atoms with E-state index in [0.717, 1.165) is 15.9 Å². The molecule has 0 fully saturated rings.